The predicted octanol–water partition coefficient (Wildman–Crippen LogP) is 0.744. The van der Waals surface area contributed by atoms with E-state index in [1.54, 1.807) is 0 Å². The van der Waals surface area contributed by atoms with E-state index in [1.807, 2.05) is 0 Å². The van der Waals surface area contributed by atoms with Crippen molar-refractivity contribution in [3.05, 3.63) is 18.0 Å². The number of carbonyl (C=O) groups is 1. The molecule has 0 atom stereocenters. The van der Waals surface area contributed by atoms with Crippen LogP contribution < -0.4 is 0 Å². The van der Waals surface area contributed by atoms with Crippen LogP contribution in [0, 0.1) is 0 Å². The summed E-state index contributed by atoms with van der Waals surface area (Å²) in [6, 6.07) is 1.48. The Morgan fingerprint density at radius 3 is 2.86 bits per heavy atom. The molecule has 0 radical (unpaired) electrons. The molecule has 0 saturated heterocycles. The molecule has 5 heteroatoms. The number of aliphatic hydroxyl groups excluding tert-OH is 1. The standard InChI is InChI=1S/C9H14N2O3/c12-7-3-1-2-6-11-8(9(13)14)4-5-10-11/h4-5,12H,1-3,6-7H2,(H,13,14). The molecular weight excluding hydrogens is 184 g/mol. The van der Waals surface area contributed by atoms with E-state index in [0.717, 1.165) is 19.3 Å². The molecule has 5 nitrogen and oxygen atoms in total. The molecule has 1 heterocycles. The normalized spacial score (nSPS) is 10.4. The number of carboxylic acids is 1. The van der Waals surface area contributed by atoms with E-state index in [1.165, 1.54) is 16.9 Å². The zero-order valence-corrected chi connectivity index (χ0v) is 7.89. The van der Waals surface area contributed by atoms with Crippen LogP contribution in [0.25, 0.3) is 0 Å². The van der Waals surface area contributed by atoms with E-state index in [0.29, 0.717) is 6.54 Å². The molecule has 0 aliphatic heterocycles. The van der Waals surface area contributed by atoms with Gasteiger partial charge < -0.3 is 10.2 Å². The zero-order valence-electron chi connectivity index (χ0n) is 7.89. The van der Waals surface area contributed by atoms with E-state index in [4.69, 9.17) is 10.2 Å². The van der Waals surface area contributed by atoms with Gasteiger partial charge in [-0.2, -0.15) is 5.10 Å². The summed E-state index contributed by atoms with van der Waals surface area (Å²) in [6.45, 7) is 0.777. The quantitative estimate of drug-likeness (QED) is 0.661. The lowest BCUT2D eigenvalue weighted by atomic mass is 10.2. The van der Waals surface area contributed by atoms with Gasteiger partial charge >= 0.3 is 5.97 Å². The van der Waals surface area contributed by atoms with Gasteiger partial charge in [-0.3, -0.25) is 4.68 Å². The summed E-state index contributed by atoms with van der Waals surface area (Å²) >= 11 is 0. The topological polar surface area (TPSA) is 75.3 Å². The lowest BCUT2D eigenvalue weighted by Crippen LogP contribution is -2.10. The first-order chi connectivity index (χ1) is 6.75. The molecule has 0 aliphatic carbocycles. The molecule has 1 rings (SSSR count). The minimum Gasteiger partial charge on any atom is -0.477 e. The lowest BCUT2D eigenvalue weighted by molar-refractivity contribution is 0.0683. The van der Waals surface area contributed by atoms with Crippen molar-refractivity contribution in [2.75, 3.05) is 6.61 Å². The van der Waals surface area contributed by atoms with Gasteiger partial charge in [-0.05, 0) is 25.3 Å². The number of aryl methyl sites for hydroxylation is 1. The van der Waals surface area contributed by atoms with Crippen LogP contribution in [-0.4, -0.2) is 32.6 Å². The molecule has 1 aromatic rings. The number of aromatic nitrogens is 2. The summed E-state index contributed by atoms with van der Waals surface area (Å²) in [4.78, 5) is 10.7. The van der Waals surface area contributed by atoms with E-state index in [2.05, 4.69) is 5.10 Å². The van der Waals surface area contributed by atoms with Crippen molar-refractivity contribution in [1.29, 1.82) is 0 Å². The van der Waals surface area contributed by atoms with Crippen LogP contribution in [0.4, 0.5) is 0 Å². The Kier molecular flexibility index (Phi) is 4.12. The van der Waals surface area contributed by atoms with Crippen LogP contribution in [-0.2, 0) is 6.54 Å². The number of carboxylic acid groups (broad SMARTS) is 1. The molecule has 0 aliphatic rings. The van der Waals surface area contributed by atoms with Gasteiger partial charge in [0.25, 0.3) is 0 Å². The monoisotopic (exact) mass is 198 g/mol. The number of aliphatic hydroxyl groups is 1. The molecule has 14 heavy (non-hydrogen) atoms. The molecule has 2 N–H and O–H groups in total. The van der Waals surface area contributed by atoms with E-state index < -0.39 is 5.97 Å². The third-order valence-electron chi connectivity index (χ3n) is 1.96. The summed E-state index contributed by atoms with van der Waals surface area (Å²) < 4.78 is 1.47. The van der Waals surface area contributed by atoms with Crippen LogP contribution in [0.1, 0.15) is 29.8 Å². The highest BCUT2D eigenvalue weighted by Crippen LogP contribution is 2.03. The lowest BCUT2D eigenvalue weighted by Gasteiger charge is -2.03. The molecular formula is C9H14N2O3. The molecule has 0 amide bonds. The Labute approximate surface area is 82.0 Å². The molecule has 0 aromatic carbocycles. The van der Waals surface area contributed by atoms with Gasteiger partial charge in [0.1, 0.15) is 5.69 Å². The SMILES string of the molecule is O=C(O)c1ccnn1CCCCCO. The number of rotatable bonds is 6. The number of aromatic carboxylic acids is 1. The molecule has 78 valence electrons. The van der Waals surface area contributed by atoms with Gasteiger partial charge in [-0.15, -0.1) is 0 Å². The maximum Gasteiger partial charge on any atom is 0.354 e. The summed E-state index contributed by atoms with van der Waals surface area (Å²) in [5.74, 6) is -0.954. The average molecular weight is 198 g/mol. The number of hydrogen-bond acceptors (Lipinski definition) is 3. The fourth-order valence-electron chi connectivity index (χ4n) is 1.24. The fraction of sp³-hybridized carbons (Fsp3) is 0.556. The largest absolute Gasteiger partial charge is 0.477 e. The van der Waals surface area contributed by atoms with Gasteiger partial charge in [0.05, 0.1) is 0 Å². The summed E-state index contributed by atoms with van der Waals surface area (Å²) in [5, 5.41) is 21.2. The van der Waals surface area contributed by atoms with Crippen LogP contribution in [0.3, 0.4) is 0 Å². The van der Waals surface area contributed by atoms with Crippen molar-refractivity contribution >= 4 is 5.97 Å². The molecule has 1 aromatic heterocycles. The second-order valence-corrected chi connectivity index (χ2v) is 3.03. The van der Waals surface area contributed by atoms with Gasteiger partial charge in [0, 0.05) is 19.3 Å². The first kappa shape index (κ1) is 10.7. The van der Waals surface area contributed by atoms with Gasteiger partial charge in [0.15, 0.2) is 0 Å². The van der Waals surface area contributed by atoms with E-state index in [9.17, 15) is 4.79 Å². The van der Waals surface area contributed by atoms with Crippen molar-refractivity contribution in [1.82, 2.24) is 9.78 Å². The fourth-order valence-corrected chi connectivity index (χ4v) is 1.24. The third kappa shape index (κ3) is 2.85. The minimum atomic E-state index is -0.954. The number of hydrogen-bond donors (Lipinski definition) is 2. The Balaban J connectivity index is 2.42. The Hall–Kier alpha value is -1.36. The first-order valence-electron chi connectivity index (χ1n) is 4.61. The van der Waals surface area contributed by atoms with Crippen LogP contribution in [0.15, 0.2) is 12.3 Å². The summed E-state index contributed by atoms with van der Waals surface area (Å²) in [7, 11) is 0. The zero-order chi connectivity index (χ0) is 10.4. The maximum absolute atomic E-state index is 10.7. The highest BCUT2D eigenvalue weighted by Gasteiger charge is 2.08. The Morgan fingerprint density at radius 2 is 2.21 bits per heavy atom. The molecule has 0 unspecified atom stereocenters. The molecule has 0 bridgehead atoms. The maximum atomic E-state index is 10.7. The highest BCUT2D eigenvalue weighted by atomic mass is 16.4. The number of unbranched alkanes of at least 4 members (excludes halogenated alkanes) is 2. The van der Waals surface area contributed by atoms with Crippen LogP contribution in [0.5, 0.6) is 0 Å². The Bertz CT molecular complexity index is 296. The second kappa shape index (κ2) is 5.39. The van der Waals surface area contributed by atoms with Crippen molar-refractivity contribution in [2.45, 2.75) is 25.8 Å². The second-order valence-electron chi connectivity index (χ2n) is 3.03. The van der Waals surface area contributed by atoms with Crippen LogP contribution >= 0.6 is 0 Å². The van der Waals surface area contributed by atoms with Gasteiger partial charge in [-0.1, -0.05) is 0 Å². The van der Waals surface area contributed by atoms with Crippen LogP contribution in [0.2, 0.25) is 0 Å². The van der Waals surface area contributed by atoms with E-state index in [-0.39, 0.29) is 12.3 Å². The van der Waals surface area contributed by atoms with Crippen molar-refractivity contribution in [3.8, 4) is 0 Å². The summed E-state index contributed by atoms with van der Waals surface area (Å²) in [6.07, 6.45) is 3.96. The highest BCUT2D eigenvalue weighted by molar-refractivity contribution is 5.85. The average Bonchev–Trinajstić information content (AvgIpc) is 2.60. The number of nitrogens with zero attached hydrogens (tertiary/aromatic N) is 2. The summed E-state index contributed by atoms with van der Waals surface area (Å²) in [5.41, 5.74) is 0.217. The molecule has 0 fully saturated rings. The third-order valence-corrected chi connectivity index (χ3v) is 1.96. The van der Waals surface area contributed by atoms with Gasteiger partial charge in [0.2, 0.25) is 0 Å². The smallest absolute Gasteiger partial charge is 0.354 e. The minimum absolute atomic E-state index is 0.185. The first-order valence-corrected chi connectivity index (χ1v) is 4.61. The van der Waals surface area contributed by atoms with Crippen molar-refractivity contribution in [2.24, 2.45) is 0 Å². The van der Waals surface area contributed by atoms with Gasteiger partial charge in [-0.25, -0.2) is 4.79 Å². The predicted molar refractivity (Wildman–Crippen MR) is 50.1 cm³/mol. The van der Waals surface area contributed by atoms with Crippen molar-refractivity contribution < 1.29 is 15.0 Å². The van der Waals surface area contributed by atoms with E-state index >= 15 is 0 Å². The Morgan fingerprint density at radius 1 is 1.43 bits per heavy atom. The molecule has 0 saturated carbocycles. The molecule has 0 spiro atoms. The van der Waals surface area contributed by atoms with Crippen molar-refractivity contribution in [3.63, 3.8) is 0 Å².